The number of benzene rings is 1. The second-order valence-corrected chi connectivity index (χ2v) is 5.70. The Morgan fingerprint density at radius 3 is 2.65 bits per heavy atom. The molecule has 0 saturated carbocycles. The lowest BCUT2D eigenvalue weighted by Gasteiger charge is -2.35. The molecule has 1 aromatic rings. The zero-order valence-electron chi connectivity index (χ0n) is 11.3. The van der Waals surface area contributed by atoms with Crippen LogP contribution in [0.3, 0.4) is 0 Å². The third kappa shape index (κ3) is 4.67. The van der Waals surface area contributed by atoms with E-state index in [9.17, 15) is 4.39 Å². The summed E-state index contributed by atoms with van der Waals surface area (Å²) < 4.78 is 13.9. The van der Waals surface area contributed by atoms with E-state index >= 15 is 0 Å². The Labute approximate surface area is 134 Å². The van der Waals surface area contributed by atoms with Crippen LogP contribution in [0.1, 0.15) is 24.4 Å². The average molecular weight is 368 g/mol. The van der Waals surface area contributed by atoms with Crippen molar-refractivity contribution in [2.24, 2.45) is 0 Å². The summed E-state index contributed by atoms with van der Waals surface area (Å²) in [6.07, 6.45) is 1.66. The first kappa shape index (κ1) is 17.9. The second-order valence-electron chi connectivity index (χ2n) is 4.84. The molecule has 0 aliphatic carbocycles. The Hall–Kier alpha value is -0.200. The zero-order chi connectivity index (χ0) is 13.7. The number of aliphatic hydroxyl groups is 1. The molecule has 2 rings (SSSR count). The second kappa shape index (κ2) is 8.95. The van der Waals surface area contributed by atoms with Crippen LogP contribution in [0.4, 0.5) is 4.39 Å². The van der Waals surface area contributed by atoms with Crippen molar-refractivity contribution in [1.82, 2.24) is 10.2 Å². The van der Waals surface area contributed by atoms with Crippen LogP contribution >= 0.6 is 28.3 Å². The smallest absolute Gasteiger partial charge is 0.137 e. The minimum Gasteiger partial charge on any atom is -0.396 e. The lowest BCUT2D eigenvalue weighted by molar-refractivity contribution is 0.154. The Morgan fingerprint density at radius 2 is 2.05 bits per heavy atom. The highest BCUT2D eigenvalue weighted by molar-refractivity contribution is 9.10. The van der Waals surface area contributed by atoms with Crippen LogP contribution in [0.5, 0.6) is 0 Å². The van der Waals surface area contributed by atoms with Crippen molar-refractivity contribution >= 4 is 28.3 Å². The molecule has 1 heterocycles. The topological polar surface area (TPSA) is 35.5 Å². The number of hydrogen-bond acceptors (Lipinski definition) is 3. The summed E-state index contributed by atoms with van der Waals surface area (Å²) in [6, 6.07) is 5.48. The molecule has 1 aliphatic heterocycles. The van der Waals surface area contributed by atoms with Gasteiger partial charge in [-0.2, -0.15) is 0 Å². The van der Waals surface area contributed by atoms with E-state index in [1.807, 2.05) is 12.1 Å². The van der Waals surface area contributed by atoms with Crippen LogP contribution < -0.4 is 5.32 Å². The minimum absolute atomic E-state index is 0. The summed E-state index contributed by atoms with van der Waals surface area (Å²) in [5, 5.41) is 12.4. The fourth-order valence-electron chi connectivity index (χ4n) is 2.56. The van der Waals surface area contributed by atoms with Gasteiger partial charge in [-0.05, 0) is 46.5 Å². The van der Waals surface area contributed by atoms with E-state index in [2.05, 4.69) is 26.1 Å². The number of piperazine rings is 1. The average Bonchev–Trinajstić information content (AvgIpc) is 2.44. The maximum atomic E-state index is 13.3. The number of nitrogens with one attached hydrogen (secondary N) is 1. The minimum atomic E-state index is -0.232. The molecule has 1 aliphatic rings. The van der Waals surface area contributed by atoms with Gasteiger partial charge in [-0.25, -0.2) is 4.39 Å². The van der Waals surface area contributed by atoms with E-state index in [1.165, 1.54) is 6.07 Å². The SMILES string of the molecule is Cl.OCCC[C@@H](c1ccc(F)c(Br)c1)N1CCNCC1. The van der Waals surface area contributed by atoms with Gasteiger partial charge >= 0.3 is 0 Å². The molecule has 0 unspecified atom stereocenters. The van der Waals surface area contributed by atoms with Crippen LogP contribution in [0, 0.1) is 5.82 Å². The fraction of sp³-hybridized carbons (Fsp3) is 0.571. The van der Waals surface area contributed by atoms with Crippen molar-refractivity contribution in [2.75, 3.05) is 32.8 Å². The predicted octanol–water partition coefficient (Wildman–Crippen LogP) is 2.73. The number of nitrogens with zero attached hydrogens (tertiary/aromatic N) is 1. The molecule has 114 valence electrons. The molecule has 1 atom stereocenters. The van der Waals surface area contributed by atoms with Gasteiger partial charge < -0.3 is 10.4 Å². The molecule has 0 radical (unpaired) electrons. The molecule has 6 heteroatoms. The normalized spacial score (nSPS) is 17.6. The van der Waals surface area contributed by atoms with E-state index in [4.69, 9.17) is 5.11 Å². The first-order valence-electron chi connectivity index (χ1n) is 6.73. The van der Waals surface area contributed by atoms with E-state index in [-0.39, 0.29) is 30.9 Å². The van der Waals surface area contributed by atoms with Crippen molar-refractivity contribution in [3.8, 4) is 0 Å². The van der Waals surface area contributed by atoms with Crippen LogP contribution in [0.25, 0.3) is 0 Å². The number of hydrogen-bond donors (Lipinski definition) is 2. The zero-order valence-corrected chi connectivity index (χ0v) is 13.7. The van der Waals surface area contributed by atoms with Crippen molar-refractivity contribution in [3.63, 3.8) is 0 Å². The molecule has 3 nitrogen and oxygen atoms in total. The Kier molecular flexibility index (Phi) is 7.99. The van der Waals surface area contributed by atoms with Crippen molar-refractivity contribution in [3.05, 3.63) is 34.1 Å². The highest BCUT2D eigenvalue weighted by Gasteiger charge is 2.22. The largest absolute Gasteiger partial charge is 0.396 e. The molecular weight excluding hydrogens is 347 g/mol. The maximum absolute atomic E-state index is 13.3. The van der Waals surface area contributed by atoms with Gasteiger partial charge in [0.05, 0.1) is 4.47 Å². The Balaban J connectivity index is 0.00000200. The molecule has 1 fully saturated rings. The van der Waals surface area contributed by atoms with Gasteiger partial charge in [-0.15, -0.1) is 12.4 Å². The third-order valence-electron chi connectivity index (χ3n) is 3.56. The number of aliphatic hydroxyl groups excluding tert-OH is 1. The molecule has 0 aromatic heterocycles. The van der Waals surface area contributed by atoms with Gasteiger partial charge in [-0.3, -0.25) is 4.90 Å². The Bertz CT molecular complexity index is 416. The lowest BCUT2D eigenvalue weighted by atomic mass is 9.99. The first-order chi connectivity index (χ1) is 9.22. The summed E-state index contributed by atoms with van der Waals surface area (Å²) in [4.78, 5) is 2.41. The summed E-state index contributed by atoms with van der Waals surface area (Å²) in [7, 11) is 0. The molecule has 20 heavy (non-hydrogen) atoms. The van der Waals surface area contributed by atoms with E-state index in [0.717, 1.165) is 44.6 Å². The van der Waals surface area contributed by atoms with Crippen molar-refractivity contribution in [1.29, 1.82) is 0 Å². The third-order valence-corrected chi connectivity index (χ3v) is 4.16. The van der Waals surface area contributed by atoms with Crippen LogP contribution in [-0.4, -0.2) is 42.8 Å². The van der Waals surface area contributed by atoms with Crippen LogP contribution in [-0.2, 0) is 0 Å². The standard InChI is InChI=1S/C14H20BrFN2O.ClH/c15-12-10-11(3-4-13(12)16)14(2-1-9-19)18-7-5-17-6-8-18;/h3-4,10,14,17,19H,1-2,5-9H2;1H/t14-;/m0./s1. The molecule has 0 amide bonds. The first-order valence-corrected chi connectivity index (χ1v) is 7.52. The number of rotatable bonds is 5. The van der Waals surface area contributed by atoms with Gasteiger partial charge in [0.25, 0.3) is 0 Å². The molecular formula is C14H21BrClFN2O. The fourth-order valence-corrected chi connectivity index (χ4v) is 2.95. The molecule has 2 N–H and O–H groups in total. The highest BCUT2D eigenvalue weighted by atomic mass is 79.9. The van der Waals surface area contributed by atoms with Crippen LogP contribution in [0.2, 0.25) is 0 Å². The molecule has 1 aromatic carbocycles. The highest BCUT2D eigenvalue weighted by Crippen LogP contribution is 2.29. The lowest BCUT2D eigenvalue weighted by Crippen LogP contribution is -2.45. The summed E-state index contributed by atoms with van der Waals surface area (Å²) >= 11 is 3.25. The quantitative estimate of drug-likeness (QED) is 0.840. The van der Waals surface area contributed by atoms with Gasteiger partial charge in [0.2, 0.25) is 0 Å². The van der Waals surface area contributed by atoms with Gasteiger partial charge in [0.1, 0.15) is 5.82 Å². The molecule has 0 spiro atoms. The maximum Gasteiger partial charge on any atom is 0.137 e. The van der Waals surface area contributed by atoms with Gasteiger partial charge in [-0.1, -0.05) is 6.07 Å². The summed E-state index contributed by atoms with van der Waals surface area (Å²) in [5.74, 6) is -0.232. The summed E-state index contributed by atoms with van der Waals surface area (Å²) in [5.41, 5.74) is 1.11. The molecule has 1 saturated heterocycles. The van der Waals surface area contributed by atoms with Gasteiger partial charge in [0.15, 0.2) is 0 Å². The van der Waals surface area contributed by atoms with Crippen LogP contribution in [0.15, 0.2) is 22.7 Å². The van der Waals surface area contributed by atoms with Crippen molar-refractivity contribution < 1.29 is 9.50 Å². The van der Waals surface area contributed by atoms with E-state index in [0.29, 0.717) is 4.47 Å². The van der Waals surface area contributed by atoms with Gasteiger partial charge in [0, 0.05) is 38.8 Å². The molecule has 0 bridgehead atoms. The summed E-state index contributed by atoms with van der Waals surface area (Å²) in [6.45, 7) is 4.15. The van der Waals surface area contributed by atoms with E-state index < -0.39 is 0 Å². The monoisotopic (exact) mass is 366 g/mol. The number of halogens is 3. The Morgan fingerprint density at radius 1 is 1.35 bits per heavy atom. The van der Waals surface area contributed by atoms with Crippen molar-refractivity contribution in [2.45, 2.75) is 18.9 Å². The van der Waals surface area contributed by atoms with E-state index in [1.54, 1.807) is 0 Å². The predicted molar refractivity (Wildman–Crippen MR) is 84.9 cm³/mol.